The van der Waals surface area contributed by atoms with Crippen molar-refractivity contribution in [2.75, 3.05) is 13.7 Å². The number of carbonyl (C=O) groups excluding carboxylic acids is 2. The third-order valence-corrected chi connectivity index (χ3v) is 6.10. The van der Waals surface area contributed by atoms with E-state index < -0.39 is 0 Å². The standard InChI is InChI=1S/C18H26N4O3/c1-11-19-16-10-20(18(24)25-3)7-6-17(16)21(11)15-8-13-4-5-14(9-15)22(13)12(2)23/h13-15H,4-10H2,1-3H3. The summed E-state index contributed by atoms with van der Waals surface area (Å²) >= 11 is 0. The van der Waals surface area contributed by atoms with E-state index in [1.807, 2.05) is 0 Å². The van der Waals surface area contributed by atoms with Gasteiger partial charge in [0.1, 0.15) is 5.82 Å². The summed E-state index contributed by atoms with van der Waals surface area (Å²) in [6, 6.07) is 1.15. The van der Waals surface area contributed by atoms with E-state index in [2.05, 4.69) is 16.4 Å². The molecular weight excluding hydrogens is 320 g/mol. The van der Waals surface area contributed by atoms with Crippen LogP contribution in [0.15, 0.2) is 0 Å². The number of ether oxygens (including phenoxy) is 1. The summed E-state index contributed by atoms with van der Waals surface area (Å²) in [7, 11) is 1.42. The number of fused-ring (bicyclic) bond motifs is 3. The summed E-state index contributed by atoms with van der Waals surface area (Å²) in [5.41, 5.74) is 2.26. The maximum atomic E-state index is 11.9. The normalized spacial score (nSPS) is 28.0. The fraction of sp³-hybridized carbons (Fsp3) is 0.722. The Kier molecular flexibility index (Phi) is 3.96. The molecule has 2 amide bonds. The molecular formula is C18H26N4O3. The second-order valence-corrected chi connectivity index (χ2v) is 7.50. The molecule has 136 valence electrons. The summed E-state index contributed by atoms with van der Waals surface area (Å²) in [4.78, 5) is 32.3. The van der Waals surface area contributed by atoms with Crippen LogP contribution in [0, 0.1) is 6.92 Å². The summed E-state index contributed by atoms with van der Waals surface area (Å²) < 4.78 is 7.24. The lowest BCUT2D eigenvalue weighted by Gasteiger charge is -2.40. The van der Waals surface area contributed by atoms with E-state index in [-0.39, 0.29) is 12.0 Å². The Morgan fingerprint density at radius 2 is 1.84 bits per heavy atom. The monoisotopic (exact) mass is 346 g/mol. The van der Waals surface area contributed by atoms with E-state index >= 15 is 0 Å². The smallest absolute Gasteiger partial charge is 0.409 e. The number of methoxy groups -OCH3 is 1. The van der Waals surface area contributed by atoms with Crippen LogP contribution < -0.4 is 0 Å². The van der Waals surface area contributed by atoms with Gasteiger partial charge in [-0.25, -0.2) is 9.78 Å². The first-order valence-corrected chi connectivity index (χ1v) is 9.18. The first kappa shape index (κ1) is 16.4. The highest BCUT2D eigenvalue weighted by Crippen LogP contribution is 2.42. The highest BCUT2D eigenvalue weighted by Gasteiger charge is 2.43. The first-order valence-electron chi connectivity index (χ1n) is 9.18. The van der Waals surface area contributed by atoms with Crippen LogP contribution in [0.5, 0.6) is 0 Å². The molecule has 25 heavy (non-hydrogen) atoms. The molecule has 4 rings (SSSR count). The van der Waals surface area contributed by atoms with Crippen molar-refractivity contribution in [3.8, 4) is 0 Å². The molecule has 3 aliphatic heterocycles. The lowest BCUT2D eigenvalue weighted by molar-refractivity contribution is -0.133. The van der Waals surface area contributed by atoms with Crippen LogP contribution in [-0.2, 0) is 22.5 Å². The van der Waals surface area contributed by atoms with Crippen molar-refractivity contribution in [3.05, 3.63) is 17.2 Å². The lowest BCUT2D eigenvalue weighted by atomic mass is 9.96. The van der Waals surface area contributed by atoms with Crippen molar-refractivity contribution >= 4 is 12.0 Å². The molecule has 2 fully saturated rings. The van der Waals surface area contributed by atoms with Crippen LogP contribution in [0.3, 0.4) is 0 Å². The Balaban J connectivity index is 1.58. The molecule has 7 heteroatoms. The molecule has 2 unspecified atom stereocenters. The third kappa shape index (κ3) is 2.60. The molecule has 3 aliphatic rings. The fourth-order valence-electron chi connectivity index (χ4n) is 5.18. The molecule has 1 aromatic heterocycles. The number of carbonyl (C=O) groups is 2. The lowest BCUT2D eigenvalue weighted by Crippen LogP contribution is -2.46. The van der Waals surface area contributed by atoms with E-state index in [9.17, 15) is 9.59 Å². The Morgan fingerprint density at radius 3 is 2.44 bits per heavy atom. The summed E-state index contributed by atoms with van der Waals surface area (Å²) in [6.07, 6.45) is 4.79. The van der Waals surface area contributed by atoms with Gasteiger partial charge in [-0.15, -0.1) is 0 Å². The number of nitrogens with zero attached hydrogens (tertiary/aromatic N) is 4. The minimum absolute atomic E-state index is 0.212. The molecule has 0 N–H and O–H groups in total. The molecule has 1 aromatic rings. The van der Waals surface area contributed by atoms with Gasteiger partial charge in [-0.2, -0.15) is 0 Å². The second kappa shape index (κ2) is 6.04. The van der Waals surface area contributed by atoms with Crippen LogP contribution in [0.25, 0.3) is 0 Å². The van der Waals surface area contributed by atoms with Crippen LogP contribution in [0.2, 0.25) is 0 Å². The highest BCUT2D eigenvalue weighted by molar-refractivity contribution is 5.74. The summed E-state index contributed by atoms with van der Waals surface area (Å²) in [5, 5.41) is 0. The van der Waals surface area contributed by atoms with E-state index in [4.69, 9.17) is 9.72 Å². The molecule has 2 bridgehead atoms. The van der Waals surface area contributed by atoms with Gasteiger partial charge in [0.05, 0.1) is 19.3 Å². The maximum absolute atomic E-state index is 11.9. The highest BCUT2D eigenvalue weighted by atomic mass is 16.5. The van der Waals surface area contributed by atoms with Crippen LogP contribution >= 0.6 is 0 Å². The SMILES string of the molecule is COC(=O)N1CCc2c(nc(C)n2C2CC3CCC(C2)N3C(C)=O)C1. The van der Waals surface area contributed by atoms with Gasteiger partial charge in [0.15, 0.2) is 0 Å². The molecule has 0 radical (unpaired) electrons. The molecule has 2 saturated heterocycles. The molecule has 4 heterocycles. The van der Waals surface area contributed by atoms with E-state index in [1.165, 1.54) is 12.8 Å². The van der Waals surface area contributed by atoms with Crippen LogP contribution in [-0.4, -0.2) is 57.1 Å². The summed E-state index contributed by atoms with van der Waals surface area (Å²) in [5.74, 6) is 1.24. The topological polar surface area (TPSA) is 67.7 Å². The van der Waals surface area contributed by atoms with Crippen molar-refractivity contribution in [1.82, 2.24) is 19.4 Å². The molecule has 0 aliphatic carbocycles. The number of piperidine rings is 1. The molecule has 7 nitrogen and oxygen atoms in total. The number of hydrogen-bond donors (Lipinski definition) is 0. The molecule has 0 spiro atoms. The molecule has 0 aromatic carbocycles. The Hall–Kier alpha value is -2.05. The van der Waals surface area contributed by atoms with Gasteiger partial charge in [-0.05, 0) is 32.6 Å². The Morgan fingerprint density at radius 1 is 1.16 bits per heavy atom. The van der Waals surface area contributed by atoms with Crippen molar-refractivity contribution < 1.29 is 14.3 Å². The third-order valence-electron chi connectivity index (χ3n) is 6.10. The van der Waals surface area contributed by atoms with Gasteiger partial charge < -0.3 is 19.1 Å². The zero-order valence-corrected chi connectivity index (χ0v) is 15.2. The predicted octanol–water partition coefficient (Wildman–Crippen LogP) is 2.03. The number of imidazole rings is 1. The van der Waals surface area contributed by atoms with Crippen LogP contribution in [0.1, 0.15) is 55.9 Å². The fourth-order valence-corrected chi connectivity index (χ4v) is 5.18. The van der Waals surface area contributed by atoms with E-state index in [1.54, 1.807) is 11.8 Å². The van der Waals surface area contributed by atoms with Gasteiger partial charge in [-0.1, -0.05) is 0 Å². The zero-order valence-electron chi connectivity index (χ0n) is 15.2. The molecule has 2 atom stereocenters. The first-order chi connectivity index (χ1) is 12.0. The van der Waals surface area contributed by atoms with E-state index in [0.717, 1.165) is 43.6 Å². The number of aryl methyl sites for hydroxylation is 1. The van der Waals surface area contributed by atoms with Crippen molar-refractivity contribution in [3.63, 3.8) is 0 Å². The summed E-state index contributed by atoms with van der Waals surface area (Å²) in [6.45, 7) is 4.94. The predicted molar refractivity (Wildman–Crippen MR) is 91.1 cm³/mol. The average Bonchev–Trinajstić information content (AvgIpc) is 3.06. The number of hydrogen-bond acceptors (Lipinski definition) is 4. The van der Waals surface area contributed by atoms with Crippen molar-refractivity contribution in [2.45, 2.75) is 70.6 Å². The van der Waals surface area contributed by atoms with Crippen molar-refractivity contribution in [2.24, 2.45) is 0 Å². The van der Waals surface area contributed by atoms with E-state index in [0.29, 0.717) is 31.2 Å². The maximum Gasteiger partial charge on any atom is 0.409 e. The average molecular weight is 346 g/mol. The Bertz CT molecular complexity index is 699. The van der Waals surface area contributed by atoms with Crippen molar-refractivity contribution in [1.29, 1.82) is 0 Å². The largest absolute Gasteiger partial charge is 0.453 e. The molecule has 0 saturated carbocycles. The van der Waals surface area contributed by atoms with Gasteiger partial charge in [0, 0.05) is 43.7 Å². The number of amides is 2. The van der Waals surface area contributed by atoms with Crippen LogP contribution in [0.4, 0.5) is 4.79 Å². The number of rotatable bonds is 1. The zero-order chi connectivity index (χ0) is 17.7. The van der Waals surface area contributed by atoms with Gasteiger partial charge in [0.2, 0.25) is 5.91 Å². The van der Waals surface area contributed by atoms with Gasteiger partial charge >= 0.3 is 6.09 Å². The second-order valence-electron chi connectivity index (χ2n) is 7.50. The van der Waals surface area contributed by atoms with Gasteiger partial charge in [0.25, 0.3) is 0 Å². The van der Waals surface area contributed by atoms with Gasteiger partial charge in [-0.3, -0.25) is 4.79 Å². The Labute approximate surface area is 147 Å². The minimum Gasteiger partial charge on any atom is -0.453 e. The number of aromatic nitrogens is 2. The quantitative estimate of drug-likeness (QED) is 0.780. The minimum atomic E-state index is -0.286.